The molecule has 14 heteroatoms. The molecule has 0 saturated carbocycles. The Morgan fingerprint density at radius 3 is 2.18 bits per heavy atom. The van der Waals surface area contributed by atoms with Crippen LogP contribution in [0, 0.1) is 36.5 Å². The second-order valence-electron chi connectivity index (χ2n) is 12.3. The van der Waals surface area contributed by atoms with Crippen molar-refractivity contribution >= 4 is 27.7 Å². The van der Waals surface area contributed by atoms with Gasteiger partial charge in [0.15, 0.2) is 11.3 Å². The second kappa shape index (κ2) is 21.3. The predicted octanol–water partition coefficient (Wildman–Crippen LogP) is 5.72. The van der Waals surface area contributed by atoms with Crippen LogP contribution in [-0.2, 0) is 33.2 Å². The molecule has 1 aromatic carbocycles. The minimum atomic E-state index is -0.514. The fourth-order valence-electron chi connectivity index (χ4n) is 4.73. The number of hydrogen-bond acceptors (Lipinski definition) is 14. The Morgan fingerprint density at radius 1 is 0.939 bits per heavy atom. The zero-order valence-electron chi connectivity index (χ0n) is 29.7. The molecule has 0 bridgehead atoms. The number of nitrogens with zero attached hydrogens (tertiary/aromatic N) is 5. The number of aryl methyl sites for hydroxylation is 1. The maximum Gasteiger partial charge on any atom is 0.181 e. The Labute approximate surface area is 294 Å². The molecule has 1 N–H and O–H groups in total. The summed E-state index contributed by atoms with van der Waals surface area (Å²) in [6.45, 7) is 17.8. The molecule has 1 aliphatic heterocycles. The van der Waals surface area contributed by atoms with Gasteiger partial charge >= 0.3 is 0 Å². The molecule has 49 heavy (non-hydrogen) atoms. The van der Waals surface area contributed by atoms with Crippen molar-refractivity contribution in [2.24, 2.45) is 10.2 Å². The van der Waals surface area contributed by atoms with Crippen LogP contribution in [0.1, 0.15) is 56.2 Å². The third-order valence-corrected chi connectivity index (χ3v) is 8.59. The van der Waals surface area contributed by atoms with Gasteiger partial charge in [0, 0.05) is 18.8 Å². The van der Waals surface area contributed by atoms with E-state index < -0.39 is 6.10 Å². The highest BCUT2D eigenvalue weighted by molar-refractivity contribution is 7.16. The van der Waals surface area contributed by atoms with E-state index in [2.05, 4.69) is 27.3 Å². The molecule has 270 valence electrons. The highest BCUT2D eigenvalue weighted by Gasteiger charge is 2.23. The number of nitriles is 2. The SMILES string of the molecule is Cc1cc(N(CCOCC(C)OCC(C)OCC(C)O)CCOCC(C)OCC2OCC(C)O2)ccc1/N=N/c1sc(C#N)c(C)c1C#N. The summed E-state index contributed by atoms with van der Waals surface area (Å²) in [5.41, 5.74) is 3.54. The fraction of sp³-hybridized carbons (Fsp3) is 0.657. The summed E-state index contributed by atoms with van der Waals surface area (Å²) in [5, 5.41) is 37.4. The smallest absolute Gasteiger partial charge is 0.181 e. The molecule has 6 atom stereocenters. The van der Waals surface area contributed by atoms with Crippen LogP contribution < -0.4 is 4.90 Å². The molecule has 0 radical (unpaired) electrons. The van der Waals surface area contributed by atoms with Crippen LogP contribution in [0.25, 0.3) is 0 Å². The molecule has 3 rings (SSSR count). The summed E-state index contributed by atoms with van der Waals surface area (Å²) >= 11 is 1.16. The van der Waals surface area contributed by atoms with E-state index in [1.807, 2.05) is 52.8 Å². The van der Waals surface area contributed by atoms with Gasteiger partial charge in [-0.3, -0.25) is 0 Å². The van der Waals surface area contributed by atoms with E-state index in [1.165, 1.54) is 0 Å². The fourth-order valence-corrected chi connectivity index (χ4v) is 5.61. The Kier molecular flexibility index (Phi) is 17.5. The number of thiophene rings is 1. The van der Waals surface area contributed by atoms with Crippen LogP contribution in [0.5, 0.6) is 0 Å². The van der Waals surface area contributed by atoms with Gasteiger partial charge in [0.2, 0.25) is 0 Å². The number of rotatable bonds is 22. The highest BCUT2D eigenvalue weighted by atomic mass is 32.1. The van der Waals surface area contributed by atoms with E-state index >= 15 is 0 Å². The lowest BCUT2D eigenvalue weighted by Crippen LogP contribution is -2.33. The first-order valence-electron chi connectivity index (χ1n) is 16.7. The molecule has 13 nitrogen and oxygen atoms in total. The summed E-state index contributed by atoms with van der Waals surface area (Å²) in [6, 6.07) is 10.1. The van der Waals surface area contributed by atoms with E-state index in [1.54, 1.807) is 13.8 Å². The highest BCUT2D eigenvalue weighted by Crippen LogP contribution is 2.36. The summed E-state index contributed by atoms with van der Waals surface area (Å²) < 4.78 is 40.4. The predicted molar refractivity (Wildman–Crippen MR) is 186 cm³/mol. The number of ether oxygens (including phenoxy) is 7. The lowest BCUT2D eigenvalue weighted by atomic mass is 10.1. The molecular weight excluding hydrogens is 650 g/mol. The summed E-state index contributed by atoms with van der Waals surface area (Å²) in [4.78, 5) is 2.65. The average molecular weight is 702 g/mol. The molecule has 1 aromatic heterocycles. The van der Waals surface area contributed by atoms with Crippen molar-refractivity contribution in [3.05, 3.63) is 39.8 Å². The van der Waals surface area contributed by atoms with Crippen molar-refractivity contribution in [1.29, 1.82) is 10.5 Å². The van der Waals surface area contributed by atoms with Crippen LogP contribution in [0.15, 0.2) is 28.4 Å². The minimum Gasteiger partial charge on any atom is -0.391 e. The van der Waals surface area contributed by atoms with Crippen molar-refractivity contribution in [2.45, 2.75) is 85.3 Å². The molecule has 0 amide bonds. The molecule has 1 aliphatic rings. The Bertz CT molecular complexity index is 1410. The number of azo groups is 1. The van der Waals surface area contributed by atoms with E-state index in [0.29, 0.717) is 86.0 Å². The molecule has 1 fully saturated rings. The Hall–Kier alpha value is -3.02. The Morgan fingerprint density at radius 2 is 1.59 bits per heavy atom. The summed E-state index contributed by atoms with van der Waals surface area (Å²) in [6.07, 6.45) is -1.14. The van der Waals surface area contributed by atoms with Gasteiger partial charge in [-0.15, -0.1) is 21.6 Å². The van der Waals surface area contributed by atoms with Gasteiger partial charge < -0.3 is 43.2 Å². The zero-order valence-corrected chi connectivity index (χ0v) is 30.5. The average Bonchev–Trinajstić information content (AvgIpc) is 3.64. The standard InChI is InChI=1S/C35H51N5O8S/c1-23-14-30(8-9-32(23)38-39-35-31(15-36)29(7)33(16-37)49-35)40(10-12-42-18-25(3)45-20-27(5)44-17-24(2)41)11-13-43-19-26(4)46-22-34-47-21-28(6)48-34/h8-9,14,24-28,34,41H,10-13,17-22H2,1-7H3/b39-38+. The largest absolute Gasteiger partial charge is 0.391 e. The van der Waals surface area contributed by atoms with Crippen molar-refractivity contribution in [2.75, 3.05) is 70.8 Å². The molecule has 2 aromatic rings. The molecule has 6 unspecified atom stereocenters. The maximum atomic E-state index is 9.54. The number of aliphatic hydroxyl groups excluding tert-OH is 1. The van der Waals surface area contributed by atoms with Gasteiger partial charge in [-0.1, -0.05) is 0 Å². The van der Waals surface area contributed by atoms with Crippen molar-refractivity contribution in [3.8, 4) is 12.1 Å². The lowest BCUT2D eigenvalue weighted by molar-refractivity contribution is -0.124. The summed E-state index contributed by atoms with van der Waals surface area (Å²) in [5.74, 6) is 0. The van der Waals surface area contributed by atoms with Crippen LogP contribution in [0.2, 0.25) is 0 Å². The first kappa shape index (κ1) is 40.4. The van der Waals surface area contributed by atoms with Crippen LogP contribution >= 0.6 is 11.3 Å². The molecular formula is C35H51N5O8S. The third-order valence-electron chi connectivity index (χ3n) is 7.51. The summed E-state index contributed by atoms with van der Waals surface area (Å²) in [7, 11) is 0. The van der Waals surface area contributed by atoms with Crippen LogP contribution in [0.3, 0.4) is 0 Å². The number of aliphatic hydroxyl groups is 1. The van der Waals surface area contributed by atoms with Crippen LogP contribution in [-0.4, -0.2) is 108 Å². The van der Waals surface area contributed by atoms with E-state index in [-0.39, 0.29) is 37.3 Å². The second-order valence-corrected chi connectivity index (χ2v) is 13.3. The van der Waals surface area contributed by atoms with Gasteiger partial charge in [0.25, 0.3) is 0 Å². The van der Waals surface area contributed by atoms with E-state index in [0.717, 1.165) is 22.6 Å². The van der Waals surface area contributed by atoms with Gasteiger partial charge in [0.05, 0.1) is 94.6 Å². The van der Waals surface area contributed by atoms with Gasteiger partial charge in [-0.2, -0.15) is 10.5 Å². The zero-order chi connectivity index (χ0) is 35.8. The maximum absolute atomic E-state index is 9.54. The van der Waals surface area contributed by atoms with Gasteiger partial charge in [-0.25, -0.2) is 0 Å². The van der Waals surface area contributed by atoms with E-state index in [4.69, 9.17) is 33.2 Å². The normalized spacial score (nSPS) is 18.7. The first-order chi connectivity index (χ1) is 23.5. The quantitative estimate of drug-likeness (QED) is 0.118. The number of benzene rings is 1. The van der Waals surface area contributed by atoms with Crippen LogP contribution in [0.4, 0.5) is 16.4 Å². The lowest BCUT2D eigenvalue weighted by Gasteiger charge is -2.26. The van der Waals surface area contributed by atoms with Gasteiger partial charge in [0.1, 0.15) is 17.0 Å². The molecule has 0 spiro atoms. The number of anilines is 1. The van der Waals surface area contributed by atoms with E-state index in [9.17, 15) is 15.6 Å². The monoisotopic (exact) mass is 701 g/mol. The molecule has 0 aliphatic carbocycles. The van der Waals surface area contributed by atoms with Gasteiger partial charge in [-0.05, 0) is 77.8 Å². The molecule has 2 heterocycles. The first-order valence-corrected chi connectivity index (χ1v) is 17.5. The minimum absolute atomic E-state index is 0.0793. The third kappa shape index (κ3) is 14.0. The van der Waals surface area contributed by atoms with Crippen molar-refractivity contribution < 1.29 is 38.3 Å². The molecule has 1 saturated heterocycles. The van der Waals surface area contributed by atoms with Crippen molar-refractivity contribution in [1.82, 2.24) is 0 Å². The topological polar surface area (TPSA) is 160 Å². The Balaban J connectivity index is 1.57. The van der Waals surface area contributed by atoms with Crippen molar-refractivity contribution in [3.63, 3.8) is 0 Å². The number of hydrogen-bond donors (Lipinski definition) is 1.